The Morgan fingerprint density at radius 3 is 2.17 bits per heavy atom. The van der Waals surface area contributed by atoms with Gasteiger partial charge in [0.2, 0.25) is 0 Å². The van der Waals surface area contributed by atoms with Crippen LogP contribution in [0, 0.1) is 0 Å². The van der Waals surface area contributed by atoms with Gasteiger partial charge in [0.25, 0.3) is 0 Å². The van der Waals surface area contributed by atoms with Crippen molar-refractivity contribution in [2.24, 2.45) is 0 Å². The van der Waals surface area contributed by atoms with Crippen molar-refractivity contribution in [1.29, 1.82) is 0 Å². The summed E-state index contributed by atoms with van der Waals surface area (Å²) in [7, 11) is 1.50. The molecule has 0 unspecified atom stereocenters. The molecule has 0 aliphatic rings. The Morgan fingerprint density at radius 1 is 1.04 bits per heavy atom. The lowest BCUT2D eigenvalue weighted by atomic mass is 10.1. The summed E-state index contributed by atoms with van der Waals surface area (Å²) in [5, 5.41) is 3.08. The first-order chi connectivity index (χ1) is 11.2. The minimum Gasteiger partial charge on any atom is -0.488 e. The van der Waals surface area contributed by atoms with E-state index in [4.69, 9.17) is 21.7 Å². The van der Waals surface area contributed by atoms with Gasteiger partial charge in [0, 0.05) is 6.42 Å². The summed E-state index contributed by atoms with van der Waals surface area (Å²) in [6.45, 7) is 0.213. The SMILES string of the molecule is COC(=S)[C@H](Cc1ccccc1)NC(=O)OCc1ccccc1. The molecule has 23 heavy (non-hydrogen) atoms. The first kappa shape index (κ1) is 17.0. The summed E-state index contributed by atoms with van der Waals surface area (Å²) < 4.78 is 10.3. The van der Waals surface area contributed by atoms with Crippen LogP contribution in [0.1, 0.15) is 11.1 Å². The molecule has 2 rings (SSSR count). The number of hydrogen-bond acceptors (Lipinski definition) is 4. The third-order valence-electron chi connectivity index (χ3n) is 3.27. The molecular weight excluding hydrogens is 310 g/mol. The number of carbonyl (C=O) groups excluding carboxylic acids is 1. The van der Waals surface area contributed by atoms with Crippen LogP contribution in [-0.2, 0) is 22.5 Å². The zero-order valence-electron chi connectivity index (χ0n) is 12.9. The van der Waals surface area contributed by atoms with Gasteiger partial charge in [-0.2, -0.15) is 0 Å². The fourth-order valence-electron chi connectivity index (χ4n) is 2.09. The number of rotatable bonds is 6. The van der Waals surface area contributed by atoms with Gasteiger partial charge in [-0.15, -0.1) is 0 Å². The van der Waals surface area contributed by atoms with Crippen LogP contribution in [0.15, 0.2) is 60.7 Å². The third kappa shape index (κ3) is 5.71. The summed E-state index contributed by atoms with van der Waals surface area (Å²) in [4.78, 5) is 12.0. The molecule has 4 nitrogen and oxygen atoms in total. The molecule has 0 radical (unpaired) electrons. The number of thiocarbonyl (C=S) groups is 1. The van der Waals surface area contributed by atoms with Crippen molar-refractivity contribution in [2.75, 3.05) is 7.11 Å². The van der Waals surface area contributed by atoms with E-state index in [9.17, 15) is 4.79 Å². The highest BCUT2D eigenvalue weighted by Crippen LogP contribution is 2.07. The number of hydrogen-bond donors (Lipinski definition) is 1. The molecule has 0 heterocycles. The van der Waals surface area contributed by atoms with Gasteiger partial charge in [-0.3, -0.25) is 0 Å². The highest BCUT2D eigenvalue weighted by Gasteiger charge is 2.19. The van der Waals surface area contributed by atoms with Crippen molar-refractivity contribution in [3.8, 4) is 0 Å². The van der Waals surface area contributed by atoms with E-state index in [-0.39, 0.29) is 6.61 Å². The molecule has 2 aromatic rings. The van der Waals surface area contributed by atoms with Gasteiger partial charge in [-0.1, -0.05) is 60.7 Å². The predicted molar refractivity (Wildman–Crippen MR) is 93.3 cm³/mol. The van der Waals surface area contributed by atoms with Crippen LogP contribution in [0.2, 0.25) is 0 Å². The number of ether oxygens (including phenoxy) is 2. The lowest BCUT2D eigenvalue weighted by Crippen LogP contribution is -2.42. The van der Waals surface area contributed by atoms with Crippen LogP contribution < -0.4 is 5.32 Å². The van der Waals surface area contributed by atoms with Crippen LogP contribution in [0.4, 0.5) is 4.79 Å². The van der Waals surface area contributed by atoms with Gasteiger partial charge in [0.1, 0.15) is 12.6 Å². The van der Waals surface area contributed by atoms with Crippen molar-refractivity contribution in [3.63, 3.8) is 0 Å². The number of nitrogens with one attached hydrogen (secondary N) is 1. The number of carbonyl (C=O) groups is 1. The molecule has 0 spiro atoms. The maximum absolute atomic E-state index is 12.0. The van der Waals surface area contributed by atoms with E-state index in [2.05, 4.69) is 5.32 Å². The Hall–Kier alpha value is -2.40. The van der Waals surface area contributed by atoms with Crippen molar-refractivity contribution in [3.05, 3.63) is 71.8 Å². The van der Waals surface area contributed by atoms with Crippen LogP contribution in [-0.4, -0.2) is 24.3 Å². The van der Waals surface area contributed by atoms with Crippen molar-refractivity contribution in [1.82, 2.24) is 5.32 Å². The van der Waals surface area contributed by atoms with E-state index in [0.717, 1.165) is 11.1 Å². The molecule has 1 N–H and O–H groups in total. The Kier molecular flexibility index (Phi) is 6.56. The number of amides is 1. The number of alkyl carbamates (subject to hydrolysis) is 1. The molecule has 0 saturated carbocycles. The fourth-order valence-corrected chi connectivity index (χ4v) is 2.23. The normalized spacial score (nSPS) is 11.3. The lowest BCUT2D eigenvalue weighted by molar-refractivity contribution is 0.137. The van der Waals surface area contributed by atoms with Gasteiger partial charge >= 0.3 is 6.09 Å². The van der Waals surface area contributed by atoms with Gasteiger partial charge in [-0.25, -0.2) is 4.79 Å². The Morgan fingerprint density at radius 2 is 1.61 bits per heavy atom. The second kappa shape index (κ2) is 8.90. The van der Waals surface area contributed by atoms with E-state index in [0.29, 0.717) is 11.5 Å². The maximum Gasteiger partial charge on any atom is 0.408 e. The number of benzene rings is 2. The Bertz CT molecular complexity index is 631. The largest absolute Gasteiger partial charge is 0.488 e. The summed E-state index contributed by atoms with van der Waals surface area (Å²) in [5.74, 6) is 0. The second-order valence-corrected chi connectivity index (χ2v) is 5.37. The van der Waals surface area contributed by atoms with Crippen molar-refractivity contribution in [2.45, 2.75) is 19.1 Å². The van der Waals surface area contributed by atoms with Crippen LogP contribution >= 0.6 is 12.2 Å². The lowest BCUT2D eigenvalue weighted by Gasteiger charge is -2.18. The van der Waals surface area contributed by atoms with E-state index in [1.807, 2.05) is 60.7 Å². The average molecular weight is 329 g/mol. The van der Waals surface area contributed by atoms with Crippen LogP contribution in [0.25, 0.3) is 0 Å². The predicted octanol–water partition coefficient (Wildman–Crippen LogP) is 3.50. The quantitative estimate of drug-likeness (QED) is 0.824. The van der Waals surface area contributed by atoms with Crippen LogP contribution in [0.3, 0.4) is 0 Å². The van der Waals surface area contributed by atoms with Crippen LogP contribution in [0.5, 0.6) is 0 Å². The van der Waals surface area contributed by atoms with E-state index in [1.165, 1.54) is 7.11 Å². The summed E-state index contributed by atoms with van der Waals surface area (Å²) in [6, 6.07) is 18.9. The Labute approximate surface area is 141 Å². The highest BCUT2D eigenvalue weighted by atomic mass is 32.1. The van der Waals surface area contributed by atoms with Crippen molar-refractivity contribution >= 4 is 23.4 Å². The molecule has 0 aliphatic heterocycles. The summed E-state index contributed by atoms with van der Waals surface area (Å²) in [6.07, 6.45) is 0.0303. The van der Waals surface area contributed by atoms with Crippen molar-refractivity contribution < 1.29 is 14.3 Å². The second-order valence-electron chi connectivity index (χ2n) is 4.97. The van der Waals surface area contributed by atoms with E-state index in [1.54, 1.807) is 0 Å². The molecule has 0 saturated heterocycles. The molecule has 5 heteroatoms. The molecule has 1 amide bonds. The first-order valence-corrected chi connectivity index (χ1v) is 7.69. The van der Waals surface area contributed by atoms with Gasteiger partial charge in [-0.05, 0) is 23.3 Å². The maximum atomic E-state index is 12.0. The third-order valence-corrected chi connectivity index (χ3v) is 3.72. The molecule has 0 bridgehead atoms. The standard InChI is InChI=1S/C18H19NO3S/c1-21-17(23)16(12-14-8-4-2-5-9-14)19-18(20)22-13-15-10-6-3-7-11-15/h2-11,16H,12-13H2,1H3,(H,19,20)/t16-/m0/s1. The molecule has 120 valence electrons. The average Bonchev–Trinajstić information content (AvgIpc) is 2.60. The first-order valence-electron chi connectivity index (χ1n) is 7.28. The zero-order chi connectivity index (χ0) is 16.5. The van der Waals surface area contributed by atoms with Gasteiger partial charge in [0.05, 0.1) is 7.11 Å². The molecule has 0 fully saturated rings. The van der Waals surface area contributed by atoms with E-state index >= 15 is 0 Å². The highest BCUT2D eigenvalue weighted by molar-refractivity contribution is 7.80. The number of methoxy groups -OCH3 is 1. The van der Waals surface area contributed by atoms with Gasteiger partial charge in [0.15, 0.2) is 5.05 Å². The van der Waals surface area contributed by atoms with Gasteiger partial charge < -0.3 is 14.8 Å². The van der Waals surface area contributed by atoms with E-state index < -0.39 is 12.1 Å². The minimum atomic E-state index is -0.519. The summed E-state index contributed by atoms with van der Waals surface area (Å²) in [5.41, 5.74) is 1.98. The molecule has 0 aliphatic carbocycles. The topological polar surface area (TPSA) is 47.6 Å². The summed E-state index contributed by atoms with van der Waals surface area (Å²) >= 11 is 5.18. The molecule has 1 atom stereocenters. The molecular formula is C18H19NO3S. The monoisotopic (exact) mass is 329 g/mol. The molecule has 2 aromatic carbocycles. The zero-order valence-corrected chi connectivity index (χ0v) is 13.7. The fraction of sp³-hybridized carbons (Fsp3) is 0.222. The molecule has 0 aromatic heterocycles. The smallest absolute Gasteiger partial charge is 0.408 e. The Balaban J connectivity index is 1.91. The minimum absolute atomic E-state index is 0.213.